The van der Waals surface area contributed by atoms with Gasteiger partial charge in [0.05, 0.1) is 13.7 Å². The van der Waals surface area contributed by atoms with Crippen LogP contribution in [0.4, 0.5) is 0 Å². The highest BCUT2D eigenvalue weighted by Gasteiger charge is 2.06. The zero-order valence-corrected chi connectivity index (χ0v) is 13.3. The molecule has 2 aromatic carbocycles. The van der Waals surface area contributed by atoms with E-state index < -0.39 is 0 Å². The van der Waals surface area contributed by atoms with E-state index in [1.165, 1.54) is 0 Å². The van der Waals surface area contributed by atoms with Crippen molar-refractivity contribution < 1.29 is 14.2 Å². The fraction of sp³-hybridized carbons (Fsp3) is 0.235. The average Bonchev–Trinajstić information content (AvgIpc) is 3.08. The van der Waals surface area contributed by atoms with Crippen molar-refractivity contribution in [2.75, 3.05) is 13.7 Å². The normalized spacial score (nSPS) is 10.7. The van der Waals surface area contributed by atoms with E-state index in [2.05, 4.69) is 25.6 Å². The molecule has 0 saturated carbocycles. The van der Waals surface area contributed by atoms with Gasteiger partial charge in [-0.25, -0.2) is 4.63 Å². The molecule has 0 atom stereocenters. The van der Waals surface area contributed by atoms with Crippen LogP contribution in [0, 0.1) is 0 Å². The topological polar surface area (TPSA) is 89.3 Å². The molecule has 124 valence electrons. The van der Waals surface area contributed by atoms with Crippen molar-refractivity contribution in [1.82, 2.24) is 20.9 Å². The molecule has 0 aliphatic rings. The van der Waals surface area contributed by atoms with Gasteiger partial charge in [0.2, 0.25) is 5.91 Å². The first kappa shape index (κ1) is 15.9. The maximum absolute atomic E-state index is 11.9. The highest BCUT2D eigenvalue weighted by Crippen LogP contribution is 2.16. The van der Waals surface area contributed by atoms with Gasteiger partial charge in [0.25, 0.3) is 0 Å². The second kappa shape index (κ2) is 7.56. The van der Waals surface area contributed by atoms with Gasteiger partial charge in [0, 0.05) is 18.7 Å². The van der Waals surface area contributed by atoms with Crippen LogP contribution in [0.1, 0.15) is 11.1 Å². The third-order valence-corrected chi connectivity index (χ3v) is 3.60. The van der Waals surface area contributed by atoms with E-state index in [0.717, 1.165) is 16.9 Å². The lowest BCUT2D eigenvalue weighted by molar-refractivity contribution is -0.120. The molecule has 7 heteroatoms. The lowest BCUT2D eigenvalue weighted by Gasteiger charge is -2.10. The summed E-state index contributed by atoms with van der Waals surface area (Å²) in [4.78, 5) is 11.9. The summed E-state index contributed by atoms with van der Waals surface area (Å²) in [6.07, 6.45) is 0. The Bertz CT molecular complexity index is 831. The van der Waals surface area contributed by atoms with Crippen molar-refractivity contribution in [1.29, 1.82) is 0 Å². The highest BCUT2D eigenvalue weighted by molar-refractivity contribution is 5.78. The van der Waals surface area contributed by atoms with Gasteiger partial charge in [-0.1, -0.05) is 24.3 Å². The quantitative estimate of drug-likeness (QED) is 0.686. The van der Waals surface area contributed by atoms with Crippen LogP contribution in [0.15, 0.2) is 47.1 Å². The van der Waals surface area contributed by atoms with Crippen LogP contribution in [0.5, 0.6) is 5.75 Å². The number of hydrogen-bond donors (Lipinski definition) is 2. The number of amides is 1. The minimum atomic E-state index is -0.0786. The smallest absolute Gasteiger partial charge is 0.234 e. The monoisotopic (exact) mass is 326 g/mol. The van der Waals surface area contributed by atoms with E-state index in [9.17, 15) is 4.79 Å². The standard InChI is InChI=1S/C17H18N4O3/c1-23-16-5-3-2-4-13(16)10-19-17(22)11-18-9-12-6-7-14-15(8-12)21-24-20-14/h2-8,18H,9-11H2,1H3,(H,19,22). The number of carbonyl (C=O) groups is 1. The first-order valence-corrected chi connectivity index (χ1v) is 7.57. The van der Waals surface area contributed by atoms with E-state index in [4.69, 9.17) is 4.74 Å². The van der Waals surface area contributed by atoms with Gasteiger partial charge < -0.3 is 15.4 Å². The van der Waals surface area contributed by atoms with Gasteiger partial charge in [-0.3, -0.25) is 4.79 Å². The van der Waals surface area contributed by atoms with Crippen LogP contribution in [-0.2, 0) is 17.9 Å². The predicted molar refractivity (Wildman–Crippen MR) is 88.4 cm³/mol. The molecule has 0 bridgehead atoms. The van der Waals surface area contributed by atoms with E-state index in [-0.39, 0.29) is 12.5 Å². The number of hydrogen-bond acceptors (Lipinski definition) is 6. The number of nitrogens with zero attached hydrogens (tertiary/aromatic N) is 2. The predicted octanol–water partition coefficient (Wildman–Crippen LogP) is 1.64. The summed E-state index contributed by atoms with van der Waals surface area (Å²) in [5, 5.41) is 13.5. The van der Waals surface area contributed by atoms with E-state index in [1.807, 2.05) is 42.5 Å². The van der Waals surface area contributed by atoms with E-state index in [1.54, 1.807) is 7.11 Å². The Hall–Kier alpha value is -2.93. The Kier molecular flexibility index (Phi) is 5.02. The molecule has 0 aliphatic heterocycles. The number of fused-ring (bicyclic) bond motifs is 1. The Balaban J connectivity index is 1.45. The maximum atomic E-state index is 11.9. The third kappa shape index (κ3) is 3.88. The molecule has 2 N–H and O–H groups in total. The number of benzene rings is 2. The molecule has 1 amide bonds. The summed E-state index contributed by atoms with van der Waals surface area (Å²) >= 11 is 0. The van der Waals surface area contributed by atoms with Gasteiger partial charge in [0.1, 0.15) is 16.8 Å². The minimum absolute atomic E-state index is 0.0786. The van der Waals surface area contributed by atoms with Crippen molar-refractivity contribution in [3.05, 3.63) is 53.6 Å². The second-order valence-electron chi connectivity index (χ2n) is 5.28. The van der Waals surface area contributed by atoms with Crippen LogP contribution in [-0.4, -0.2) is 29.9 Å². The zero-order chi connectivity index (χ0) is 16.8. The minimum Gasteiger partial charge on any atom is -0.496 e. The maximum Gasteiger partial charge on any atom is 0.234 e. The molecule has 0 saturated heterocycles. The molecular weight excluding hydrogens is 308 g/mol. The lowest BCUT2D eigenvalue weighted by Crippen LogP contribution is -2.33. The van der Waals surface area contributed by atoms with Crippen LogP contribution in [0.25, 0.3) is 11.0 Å². The van der Waals surface area contributed by atoms with Crippen LogP contribution < -0.4 is 15.4 Å². The Labute approximate surface area is 139 Å². The zero-order valence-electron chi connectivity index (χ0n) is 13.3. The van der Waals surface area contributed by atoms with Gasteiger partial charge >= 0.3 is 0 Å². The average molecular weight is 326 g/mol. The highest BCUT2D eigenvalue weighted by atomic mass is 16.6. The number of nitrogens with one attached hydrogen (secondary N) is 2. The molecule has 0 fully saturated rings. The Morgan fingerprint density at radius 1 is 1.12 bits per heavy atom. The molecule has 0 spiro atoms. The summed E-state index contributed by atoms with van der Waals surface area (Å²) in [5.74, 6) is 0.686. The number of ether oxygens (including phenoxy) is 1. The van der Waals surface area contributed by atoms with Gasteiger partial charge in [-0.15, -0.1) is 0 Å². The molecule has 24 heavy (non-hydrogen) atoms. The summed E-state index contributed by atoms with van der Waals surface area (Å²) in [6, 6.07) is 13.2. The van der Waals surface area contributed by atoms with Gasteiger partial charge in [-0.05, 0) is 34.1 Å². The van der Waals surface area contributed by atoms with E-state index in [0.29, 0.717) is 24.1 Å². The van der Waals surface area contributed by atoms with Crippen molar-refractivity contribution in [3.8, 4) is 5.75 Å². The van der Waals surface area contributed by atoms with Gasteiger partial charge in [-0.2, -0.15) is 0 Å². The molecule has 0 radical (unpaired) electrons. The number of carbonyl (C=O) groups excluding carboxylic acids is 1. The summed E-state index contributed by atoms with van der Waals surface area (Å²) in [6.45, 7) is 1.22. The van der Waals surface area contributed by atoms with E-state index >= 15 is 0 Å². The summed E-state index contributed by atoms with van der Waals surface area (Å²) < 4.78 is 9.92. The largest absolute Gasteiger partial charge is 0.496 e. The lowest BCUT2D eigenvalue weighted by atomic mass is 10.2. The molecule has 3 rings (SSSR count). The Morgan fingerprint density at radius 2 is 1.96 bits per heavy atom. The first-order chi connectivity index (χ1) is 11.8. The molecule has 1 heterocycles. The fourth-order valence-electron chi connectivity index (χ4n) is 2.36. The number of methoxy groups -OCH3 is 1. The molecule has 0 unspecified atom stereocenters. The summed E-state index contributed by atoms with van der Waals surface area (Å²) in [5.41, 5.74) is 3.37. The van der Waals surface area contributed by atoms with Crippen molar-refractivity contribution in [2.24, 2.45) is 0 Å². The molecule has 0 aliphatic carbocycles. The number of aromatic nitrogens is 2. The molecule has 7 nitrogen and oxygen atoms in total. The van der Waals surface area contributed by atoms with Crippen molar-refractivity contribution in [3.63, 3.8) is 0 Å². The fourth-order valence-corrected chi connectivity index (χ4v) is 2.36. The molecular formula is C17H18N4O3. The van der Waals surface area contributed by atoms with Crippen LogP contribution in [0.3, 0.4) is 0 Å². The number of para-hydroxylation sites is 1. The van der Waals surface area contributed by atoms with Crippen molar-refractivity contribution in [2.45, 2.75) is 13.1 Å². The second-order valence-corrected chi connectivity index (χ2v) is 5.28. The van der Waals surface area contributed by atoms with Crippen LogP contribution >= 0.6 is 0 Å². The number of rotatable bonds is 7. The molecule has 3 aromatic rings. The van der Waals surface area contributed by atoms with Crippen molar-refractivity contribution >= 4 is 16.9 Å². The van der Waals surface area contributed by atoms with Crippen LogP contribution in [0.2, 0.25) is 0 Å². The Morgan fingerprint density at radius 3 is 2.83 bits per heavy atom. The van der Waals surface area contributed by atoms with Gasteiger partial charge in [0.15, 0.2) is 0 Å². The molecule has 1 aromatic heterocycles. The SMILES string of the molecule is COc1ccccc1CNC(=O)CNCc1ccc2nonc2c1. The summed E-state index contributed by atoms with van der Waals surface area (Å²) in [7, 11) is 1.61. The first-order valence-electron chi connectivity index (χ1n) is 7.57. The third-order valence-electron chi connectivity index (χ3n) is 3.60.